The highest BCUT2D eigenvalue weighted by Crippen LogP contribution is 2.20. The van der Waals surface area contributed by atoms with E-state index in [1.807, 2.05) is 13.8 Å². The van der Waals surface area contributed by atoms with Crippen molar-refractivity contribution in [2.24, 2.45) is 5.92 Å². The second-order valence-electron chi connectivity index (χ2n) is 6.86. The number of nitrogens with zero attached hydrogens (tertiary/aromatic N) is 3. The smallest absolute Gasteiger partial charge is 0.409 e. The van der Waals surface area contributed by atoms with Gasteiger partial charge in [-0.1, -0.05) is 19.9 Å². The Bertz CT molecular complexity index is 689. The van der Waals surface area contributed by atoms with Crippen molar-refractivity contribution in [3.8, 4) is 0 Å². The summed E-state index contributed by atoms with van der Waals surface area (Å²) in [7, 11) is 0. The Morgan fingerprint density at radius 3 is 2.50 bits per heavy atom. The minimum Gasteiger partial charge on any atom is -0.449 e. The lowest BCUT2D eigenvalue weighted by Gasteiger charge is -2.22. The molecule has 1 heterocycles. The zero-order chi connectivity index (χ0) is 19.3. The van der Waals surface area contributed by atoms with E-state index in [1.165, 1.54) is 12.1 Å². The Kier molecular flexibility index (Phi) is 6.54. The van der Waals surface area contributed by atoms with Crippen molar-refractivity contribution in [3.05, 3.63) is 39.4 Å². The van der Waals surface area contributed by atoms with E-state index in [4.69, 9.17) is 4.74 Å². The number of hydrogen-bond donors (Lipinski definition) is 0. The van der Waals surface area contributed by atoms with E-state index in [0.29, 0.717) is 50.3 Å². The quantitative estimate of drug-likeness (QED) is 0.606. The number of ether oxygens (including phenoxy) is 1. The van der Waals surface area contributed by atoms with Gasteiger partial charge in [0.1, 0.15) is 0 Å². The number of nitro benzene ring substituents is 1. The summed E-state index contributed by atoms with van der Waals surface area (Å²) in [5.74, 6) is 0.0180. The second-order valence-corrected chi connectivity index (χ2v) is 6.86. The molecule has 1 fully saturated rings. The molecule has 0 spiro atoms. The van der Waals surface area contributed by atoms with Gasteiger partial charge in [-0.05, 0) is 24.8 Å². The molecule has 1 aromatic rings. The average Bonchev–Trinajstić information content (AvgIpc) is 2.85. The number of non-ortho nitro benzene ring substituents is 1. The van der Waals surface area contributed by atoms with Crippen molar-refractivity contribution in [1.82, 2.24) is 9.80 Å². The first-order chi connectivity index (χ1) is 12.3. The van der Waals surface area contributed by atoms with E-state index in [9.17, 15) is 19.7 Å². The molecule has 2 amide bonds. The molecule has 0 radical (unpaired) electrons. The zero-order valence-electron chi connectivity index (χ0n) is 15.4. The normalized spacial score (nSPS) is 14.9. The van der Waals surface area contributed by atoms with Crippen molar-refractivity contribution in [3.63, 3.8) is 0 Å². The molecule has 1 aromatic carbocycles. The number of aryl methyl sites for hydroxylation is 1. The number of carbonyl (C=O) groups excluding carboxylic acids is 2. The summed E-state index contributed by atoms with van der Waals surface area (Å²) in [6, 6.07) is 4.29. The molecule has 1 aliphatic rings. The third-order valence-corrected chi connectivity index (χ3v) is 4.24. The van der Waals surface area contributed by atoms with Gasteiger partial charge < -0.3 is 14.5 Å². The summed E-state index contributed by atoms with van der Waals surface area (Å²) in [5, 5.41) is 11.0. The van der Waals surface area contributed by atoms with Crippen LogP contribution in [0.5, 0.6) is 0 Å². The summed E-state index contributed by atoms with van der Waals surface area (Å²) < 4.78 is 5.25. The Morgan fingerprint density at radius 2 is 1.85 bits per heavy atom. The first kappa shape index (κ1) is 19.7. The van der Waals surface area contributed by atoms with E-state index in [2.05, 4.69) is 0 Å². The first-order valence-corrected chi connectivity index (χ1v) is 8.75. The van der Waals surface area contributed by atoms with Crippen molar-refractivity contribution >= 4 is 17.7 Å². The van der Waals surface area contributed by atoms with Gasteiger partial charge in [0.05, 0.1) is 11.5 Å². The molecule has 0 N–H and O–H groups in total. The Balaban J connectivity index is 2.04. The lowest BCUT2D eigenvalue weighted by atomic mass is 10.1. The third-order valence-electron chi connectivity index (χ3n) is 4.24. The molecule has 0 aliphatic carbocycles. The molecular formula is C18H25N3O5. The molecule has 0 unspecified atom stereocenters. The van der Waals surface area contributed by atoms with Crippen LogP contribution < -0.4 is 0 Å². The van der Waals surface area contributed by atoms with E-state index in [0.717, 1.165) is 0 Å². The average molecular weight is 363 g/mol. The molecule has 142 valence electrons. The number of benzene rings is 1. The maximum Gasteiger partial charge on any atom is 0.409 e. The molecule has 1 aliphatic heterocycles. The number of nitro groups is 1. The van der Waals surface area contributed by atoms with E-state index >= 15 is 0 Å². The molecule has 0 bridgehead atoms. The van der Waals surface area contributed by atoms with Gasteiger partial charge in [0.15, 0.2) is 0 Å². The third kappa shape index (κ3) is 4.93. The molecule has 0 aromatic heterocycles. The fourth-order valence-electron chi connectivity index (χ4n) is 2.76. The fraction of sp³-hybridized carbons (Fsp3) is 0.556. The van der Waals surface area contributed by atoms with Crippen LogP contribution >= 0.6 is 0 Å². The maximum absolute atomic E-state index is 12.8. The number of rotatable bonds is 4. The van der Waals surface area contributed by atoms with E-state index < -0.39 is 4.92 Å². The summed E-state index contributed by atoms with van der Waals surface area (Å²) >= 11 is 0. The number of amides is 2. The van der Waals surface area contributed by atoms with Crippen molar-refractivity contribution in [2.45, 2.75) is 27.2 Å². The van der Waals surface area contributed by atoms with Gasteiger partial charge in [0, 0.05) is 43.9 Å². The first-order valence-electron chi connectivity index (χ1n) is 8.75. The highest BCUT2D eigenvalue weighted by atomic mass is 16.6. The van der Waals surface area contributed by atoms with Gasteiger partial charge in [0.25, 0.3) is 11.6 Å². The lowest BCUT2D eigenvalue weighted by Crippen LogP contribution is -2.38. The monoisotopic (exact) mass is 363 g/mol. The molecule has 8 nitrogen and oxygen atoms in total. The van der Waals surface area contributed by atoms with Crippen molar-refractivity contribution in [1.29, 1.82) is 0 Å². The van der Waals surface area contributed by atoms with Gasteiger partial charge in [0.2, 0.25) is 0 Å². The highest BCUT2D eigenvalue weighted by Gasteiger charge is 2.25. The number of hydrogen-bond acceptors (Lipinski definition) is 5. The summed E-state index contributed by atoms with van der Waals surface area (Å²) in [5.41, 5.74) is 0.917. The number of carbonyl (C=O) groups is 2. The van der Waals surface area contributed by atoms with Gasteiger partial charge in [-0.3, -0.25) is 14.9 Å². The van der Waals surface area contributed by atoms with E-state index in [1.54, 1.807) is 22.8 Å². The predicted molar refractivity (Wildman–Crippen MR) is 96.1 cm³/mol. The van der Waals surface area contributed by atoms with Crippen LogP contribution in [-0.4, -0.2) is 59.5 Å². The minimum absolute atomic E-state index is 0.104. The SMILES string of the molecule is Cc1ccc([N+](=O)[O-])cc1C(=O)N1CCCN(C(=O)OCC(C)C)CC1. The molecule has 2 rings (SSSR count). The van der Waals surface area contributed by atoms with Crippen LogP contribution in [0.3, 0.4) is 0 Å². The van der Waals surface area contributed by atoms with Crippen LogP contribution in [0.1, 0.15) is 36.2 Å². The lowest BCUT2D eigenvalue weighted by molar-refractivity contribution is -0.384. The Morgan fingerprint density at radius 1 is 1.19 bits per heavy atom. The highest BCUT2D eigenvalue weighted by molar-refractivity contribution is 5.96. The van der Waals surface area contributed by atoms with Crippen LogP contribution in [0.25, 0.3) is 0 Å². The summed E-state index contributed by atoms with van der Waals surface area (Å²) in [6.45, 7) is 7.84. The molecule has 0 saturated carbocycles. The Hall–Kier alpha value is -2.64. The Labute approximate surface area is 152 Å². The van der Waals surface area contributed by atoms with Crippen molar-refractivity contribution in [2.75, 3.05) is 32.8 Å². The van der Waals surface area contributed by atoms with Gasteiger partial charge in [-0.15, -0.1) is 0 Å². The molecule has 8 heteroatoms. The largest absolute Gasteiger partial charge is 0.449 e. The standard InChI is InChI=1S/C18H25N3O5/c1-13(2)12-26-18(23)20-8-4-7-19(9-10-20)17(22)16-11-15(21(24)25)6-5-14(16)3/h5-6,11,13H,4,7-10,12H2,1-3H3. The minimum atomic E-state index is -0.509. The summed E-state index contributed by atoms with van der Waals surface area (Å²) in [6.07, 6.45) is 0.274. The van der Waals surface area contributed by atoms with Crippen LogP contribution in [0.15, 0.2) is 18.2 Å². The topological polar surface area (TPSA) is 93.0 Å². The molecule has 1 saturated heterocycles. The van der Waals surface area contributed by atoms with Gasteiger partial charge >= 0.3 is 6.09 Å². The second kappa shape index (κ2) is 8.64. The molecule has 0 atom stereocenters. The van der Waals surface area contributed by atoms with Crippen molar-refractivity contribution < 1.29 is 19.2 Å². The molecular weight excluding hydrogens is 338 g/mol. The fourth-order valence-corrected chi connectivity index (χ4v) is 2.76. The predicted octanol–water partition coefficient (Wildman–Crippen LogP) is 2.84. The van der Waals surface area contributed by atoms with Gasteiger partial charge in [-0.2, -0.15) is 0 Å². The maximum atomic E-state index is 12.8. The zero-order valence-corrected chi connectivity index (χ0v) is 15.4. The van der Waals surface area contributed by atoms with Gasteiger partial charge in [-0.25, -0.2) is 4.79 Å². The van der Waals surface area contributed by atoms with Crippen LogP contribution in [0, 0.1) is 23.0 Å². The summed E-state index contributed by atoms with van der Waals surface area (Å²) in [4.78, 5) is 38.6. The van der Waals surface area contributed by atoms with E-state index in [-0.39, 0.29) is 23.6 Å². The van der Waals surface area contributed by atoms with Crippen LogP contribution in [-0.2, 0) is 4.74 Å². The van der Waals surface area contributed by atoms with Crippen LogP contribution in [0.4, 0.5) is 10.5 Å². The van der Waals surface area contributed by atoms with Crippen LogP contribution in [0.2, 0.25) is 0 Å². The molecule has 26 heavy (non-hydrogen) atoms.